The second kappa shape index (κ2) is 11.2. The Morgan fingerprint density at radius 1 is 1.13 bits per heavy atom. The lowest BCUT2D eigenvalue weighted by Crippen LogP contribution is -2.45. The van der Waals surface area contributed by atoms with Crippen LogP contribution in [0.25, 0.3) is 6.08 Å². The summed E-state index contributed by atoms with van der Waals surface area (Å²) in [5.74, 6) is -0.324. The summed E-state index contributed by atoms with van der Waals surface area (Å²) >= 11 is 0. The molecule has 0 aliphatic heterocycles. The number of aliphatic carboxylic acids is 1. The molecule has 0 saturated heterocycles. The predicted octanol–water partition coefficient (Wildman–Crippen LogP) is 6.72. The molecule has 5 heteroatoms. The second-order valence-corrected chi connectivity index (χ2v) is 15.1. The van der Waals surface area contributed by atoms with Crippen molar-refractivity contribution in [2.24, 2.45) is 11.8 Å². The topological polar surface area (TPSA) is 63.6 Å². The van der Waals surface area contributed by atoms with Crippen molar-refractivity contribution in [2.75, 3.05) is 0 Å². The van der Waals surface area contributed by atoms with Crippen molar-refractivity contribution in [3.8, 4) is 0 Å². The van der Waals surface area contributed by atoms with Gasteiger partial charge < -0.3 is 9.53 Å². The summed E-state index contributed by atoms with van der Waals surface area (Å²) in [6, 6.07) is 10.2. The van der Waals surface area contributed by atoms with Gasteiger partial charge in [0.15, 0.2) is 8.32 Å². The van der Waals surface area contributed by atoms with E-state index in [4.69, 9.17) is 9.53 Å². The van der Waals surface area contributed by atoms with E-state index in [1.165, 1.54) is 0 Å². The third-order valence-corrected chi connectivity index (χ3v) is 11.4. The number of ketones is 1. The van der Waals surface area contributed by atoms with Crippen LogP contribution in [0.15, 0.2) is 36.4 Å². The van der Waals surface area contributed by atoms with Crippen LogP contribution in [0.2, 0.25) is 18.1 Å². The number of unbranched alkanes of at least 4 members (excludes halogenated alkanes) is 3. The molecule has 172 valence electrons. The first-order valence-electron chi connectivity index (χ1n) is 11.7. The fraction of sp³-hybridized carbons (Fsp3) is 0.615. The Morgan fingerprint density at radius 2 is 1.77 bits per heavy atom. The highest BCUT2D eigenvalue weighted by atomic mass is 28.4. The first-order chi connectivity index (χ1) is 14.5. The van der Waals surface area contributed by atoms with Gasteiger partial charge in [-0.15, -0.1) is 0 Å². The van der Waals surface area contributed by atoms with Crippen molar-refractivity contribution >= 4 is 26.1 Å². The molecule has 1 saturated carbocycles. The summed E-state index contributed by atoms with van der Waals surface area (Å²) < 4.78 is 6.74. The van der Waals surface area contributed by atoms with Gasteiger partial charge in [-0.1, -0.05) is 82.5 Å². The van der Waals surface area contributed by atoms with Crippen LogP contribution >= 0.6 is 0 Å². The minimum atomic E-state index is -1.98. The van der Waals surface area contributed by atoms with Crippen LogP contribution in [0.3, 0.4) is 0 Å². The lowest BCUT2D eigenvalue weighted by atomic mass is 9.88. The monoisotopic (exact) mass is 444 g/mol. The van der Waals surface area contributed by atoms with Crippen LogP contribution in [-0.2, 0) is 14.0 Å². The normalized spacial score (nSPS) is 22.4. The number of carboxylic acids is 1. The number of carboxylic acid groups (broad SMARTS) is 1. The largest absolute Gasteiger partial charge is 0.481 e. The fourth-order valence-corrected chi connectivity index (χ4v) is 5.38. The van der Waals surface area contributed by atoms with Crippen molar-refractivity contribution in [1.82, 2.24) is 0 Å². The van der Waals surface area contributed by atoms with Crippen molar-refractivity contribution in [2.45, 2.75) is 90.0 Å². The molecule has 31 heavy (non-hydrogen) atoms. The zero-order valence-corrected chi connectivity index (χ0v) is 20.9. The number of carbonyl (C=O) groups excluding carboxylic acids is 1. The third-order valence-electron chi connectivity index (χ3n) is 6.93. The summed E-state index contributed by atoms with van der Waals surface area (Å²) in [5.41, 5.74) is 1.14. The molecular weight excluding hydrogens is 404 g/mol. The van der Waals surface area contributed by atoms with Gasteiger partial charge in [0.25, 0.3) is 0 Å². The van der Waals surface area contributed by atoms with Gasteiger partial charge in [-0.25, -0.2) is 0 Å². The number of benzene rings is 1. The second-order valence-electron chi connectivity index (χ2n) is 10.4. The molecule has 0 amide bonds. The van der Waals surface area contributed by atoms with Crippen molar-refractivity contribution in [3.05, 3.63) is 42.0 Å². The SMILES string of the molecule is CC(C)(C)[Si](C)(C)OC1CC(=O)C(CCCCCCC(=O)O)C1C=Cc1ccccc1. The van der Waals surface area contributed by atoms with E-state index in [0.717, 1.165) is 31.2 Å². The lowest BCUT2D eigenvalue weighted by molar-refractivity contribution is -0.137. The van der Waals surface area contributed by atoms with E-state index in [1.54, 1.807) is 0 Å². The van der Waals surface area contributed by atoms with Crippen LogP contribution in [0.5, 0.6) is 0 Å². The molecule has 1 aliphatic rings. The Morgan fingerprint density at radius 3 is 2.39 bits per heavy atom. The van der Waals surface area contributed by atoms with Gasteiger partial charge in [-0.2, -0.15) is 0 Å². The zero-order chi connectivity index (χ0) is 23.1. The van der Waals surface area contributed by atoms with Gasteiger partial charge in [0.05, 0.1) is 6.10 Å². The molecule has 4 nitrogen and oxygen atoms in total. The number of hydrogen-bond donors (Lipinski definition) is 1. The molecule has 3 unspecified atom stereocenters. The molecule has 1 fully saturated rings. The quantitative estimate of drug-likeness (QED) is 0.304. The number of Topliss-reactive ketones (excluding diaryl/α,β-unsaturated/α-hetero) is 1. The van der Waals surface area contributed by atoms with Gasteiger partial charge in [0.2, 0.25) is 0 Å². The van der Waals surface area contributed by atoms with Crippen molar-refractivity contribution in [1.29, 1.82) is 0 Å². The molecule has 0 bridgehead atoms. The van der Waals surface area contributed by atoms with E-state index in [-0.39, 0.29) is 29.4 Å². The Balaban J connectivity index is 2.09. The highest BCUT2D eigenvalue weighted by Crippen LogP contribution is 2.43. The van der Waals surface area contributed by atoms with Gasteiger partial charge >= 0.3 is 5.97 Å². The standard InChI is InChI=1S/C26H40O4Si/c1-26(2,3)31(4,5)30-24-19-23(27)21(15-11-6-7-12-16-25(28)29)22(24)18-17-20-13-9-8-10-14-20/h8-10,13-14,17-18,21-22,24H,6-7,11-12,15-16,19H2,1-5H3,(H,28,29). The van der Waals surface area contributed by atoms with Gasteiger partial charge in [-0.05, 0) is 36.5 Å². The smallest absolute Gasteiger partial charge is 0.303 e. The first-order valence-corrected chi connectivity index (χ1v) is 14.6. The summed E-state index contributed by atoms with van der Waals surface area (Å²) in [5, 5.41) is 8.88. The Bertz CT molecular complexity index is 748. The average Bonchev–Trinajstić information content (AvgIpc) is 2.96. The highest BCUT2D eigenvalue weighted by molar-refractivity contribution is 6.74. The van der Waals surface area contributed by atoms with Crippen LogP contribution in [0.1, 0.15) is 71.3 Å². The molecule has 2 rings (SSSR count). The van der Waals surface area contributed by atoms with Crippen molar-refractivity contribution in [3.63, 3.8) is 0 Å². The van der Waals surface area contributed by atoms with Crippen LogP contribution in [0, 0.1) is 11.8 Å². The first kappa shape index (κ1) is 25.5. The van der Waals surface area contributed by atoms with E-state index in [9.17, 15) is 9.59 Å². The van der Waals surface area contributed by atoms with E-state index in [2.05, 4.69) is 58.2 Å². The minimum Gasteiger partial charge on any atom is -0.481 e. The molecule has 0 aromatic heterocycles. The maximum atomic E-state index is 13.0. The molecule has 1 aromatic carbocycles. The Labute approximate surface area is 189 Å². The van der Waals surface area contributed by atoms with Crippen LogP contribution in [-0.4, -0.2) is 31.3 Å². The van der Waals surface area contributed by atoms with Gasteiger partial charge in [-0.3, -0.25) is 9.59 Å². The van der Waals surface area contributed by atoms with E-state index >= 15 is 0 Å². The molecule has 1 aromatic rings. The van der Waals surface area contributed by atoms with E-state index in [0.29, 0.717) is 18.6 Å². The fourth-order valence-electron chi connectivity index (χ4n) is 4.03. The molecule has 1 aliphatic carbocycles. The lowest BCUT2D eigenvalue weighted by Gasteiger charge is -2.39. The Kier molecular flexibility index (Phi) is 9.25. The maximum absolute atomic E-state index is 13.0. The summed E-state index contributed by atoms with van der Waals surface area (Å²) in [4.78, 5) is 23.6. The third kappa shape index (κ3) is 7.72. The summed E-state index contributed by atoms with van der Waals surface area (Å²) in [7, 11) is -1.98. The highest BCUT2D eigenvalue weighted by Gasteiger charge is 2.46. The van der Waals surface area contributed by atoms with Crippen molar-refractivity contribution < 1.29 is 19.1 Å². The average molecular weight is 445 g/mol. The summed E-state index contributed by atoms with van der Waals surface area (Å²) in [6.45, 7) is 11.2. The molecular formula is C26H40O4Si. The molecule has 0 heterocycles. The minimum absolute atomic E-state index is 0.00537. The van der Waals surface area contributed by atoms with Gasteiger partial charge in [0.1, 0.15) is 5.78 Å². The number of hydrogen-bond acceptors (Lipinski definition) is 3. The number of rotatable bonds is 11. The van der Waals surface area contributed by atoms with Crippen LogP contribution in [0.4, 0.5) is 0 Å². The van der Waals surface area contributed by atoms with E-state index in [1.807, 2.05) is 18.2 Å². The number of carbonyl (C=O) groups is 2. The Hall–Kier alpha value is -1.72. The molecule has 0 radical (unpaired) electrons. The zero-order valence-electron chi connectivity index (χ0n) is 19.9. The predicted molar refractivity (Wildman–Crippen MR) is 129 cm³/mol. The molecule has 1 N–H and O–H groups in total. The molecule has 0 spiro atoms. The van der Waals surface area contributed by atoms with Gasteiger partial charge in [0, 0.05) is 24.7 Å². The molecule has 3 atom stereocenters. The van der Waals surface area contributed by atoms with E-state index < -0.39 is 14.3 Å². The summed E-state index contributed by atoms with van der Waals surface area (Å²) in [6.07, 6.45) is 9.41. The maximum Gasteiger partial charge on any atom is 0.303 e. The van der Waals surface area contributed by atoms with Crippen LogP contribution < -0.4 is 0 Å².